The van der Waals surface area contributed by atoms with Crippen LogP contribution >= 0.6 is 0 Å². The normalized spacial score (nSPS) is 25.1. The van der Waals surface area contributed by atoms with Crippen LogP contribution in [0.15, 0.2) is 0 Å². The lowest BCUT2D eigenvalue weighted by molar-refractivity contribution is -0.137. The van der Waals surface area contributed by atoms with Crippen LogP contribution in [0.1, 0.15) is 39.0 Å². The Bertz CT molecular complexity index is 319. The fourth-order valence-electron chi connectivity index (χ4n) is 2.89. The van der Waals surface area contributed by atoms with Crippen LogP contribution in [0.2, 0.25) is 0 Å². The topological polar surface area (TPSA) is 61.4 Å². The van der Waals surface area contributed by atoms with Crippen molar-refractivity contribution in [3.63, 3.8) is 0 Å². The molecule has 2 aliphatic rings. The first-order valence-corrected chi connectivity index (χ1v) is 7.49. The Morgan fingerprint density at radius 2 is 2.00 bits per heavy atom. The van der Waals surface area contributed by atoms with Crippen LogP contribution in [-0.2, 0) is 9.59 Å². The smallest absolute Gasteiger partial charge is 0.226 e. The molecule has 0 aromatic heterocycles. The molecule has 2 saturated heterocycles. The fourth-order valence-corrected chi connectivity index (χ4v) is 2.89. The second kappa shape index (κ2) is 6.89. The molecule has 1 unspecified atom stereocenters. The molecule has 5 heteroatoms. The summed E-state index contributed by atoms with van der Waals surface area (Å²) in [5, 5.41) is 6.31. The molecule has 2 rings (SSSR count). The number of hydrogen-bond donors (Lipinski definition) is 2. The molecule has 0 aliphatic carbocycles. The summed E-state index contributed by atoms with van der Waals surface area (Å²) in [5.74, 6) is 0.573. The summed E-state index contributed by atoms with van der Waals surface area (Å²) in [4.78, 5) is 25.7. The van der Waals surface area contributed by atoms with Crippen molar-refractivity contribution in [2.24, 2.45) is 5.92 Å². The van der Waals surface area contributed by atoms with Crippen LogP contribution in [0.4, 0.5) is 0 Å². The third kappa shape index (κ3) is 3.93. The van der Waals surface area contributed by atoms with E-state index in [1.165, 1.54) is 0 Å². The van der Waals surface area contributed by atoms with E-state index in [2.05, 4.69) is 10.6 Å². The number of rotatable bonds is 3. The quantitative estimate of drug-likeness (QED) is 0.783. The SMILES string of the molecule is CCC(=O)NC1CCN(C(=O)C2CCCNC2)CC1. The third-order valence-corrected chi connectivity index (χ3v) is 4.14. The standard InChI is InChI=1S/C14H25N3O2/c1-2-13(18)16-12-5-8-17(9-6-12)14(19)11-4-3-7-15-10-11/h11-12,15H,2-10H2,1H3,(H,16,18). The lowest BCUT2D eigenvalue weighted by Gasteiger charge is -2.35. The number of nitrogens with one attached hydrogen (secondary N) is 2. The average molecular weight is 267 g/mol. The minimum absolute atomic E-state index is 0.112. The lowest BCUT2D eigenvalue weighted by atomic mass is 9.96. The fraction of sp³-hybridized carbons (Fsp3) is 0.857. The van der Waals surface area contributed by atoms with Gasteiger partial charge in [0.05, 0.1) is 5.92 Å². The van der Waals surface area contributed by atoms with E-state index in [9.17, 15) is 9.59 Å². The van der Waals surface area contributed by atoms with E-state index < -0.39 is 0 Å². The summed E-state index contributed by atoms with van der Waals surface area (Å²) in [7, 11) is 0. The minimum Gasteiger partial charge on any atom is -0.353 e. The van der Waals surface area contributed by atoms with E-state index in [1.807, 2.05) is 11.8 Å². The van der Waals surface area contributed by atoms with Gasteiger partial charge >= 0.3 is 0 Å². The molecule has 0 aromatic carbocycles. The second-order valence-corrected chi connectivity index (χ2v) is 5.56. The lowest BCUT2D eigenvalue weighted by Crippen LogP contribution is -2.49. The molecule has 2 fully saturated rings. The van der Waals surface area contributed by atoms with Gasteiger partial charge in [0.1, 0.15) is 0 Å². The van der Waals surface area contributed by atoms with Crippen LogP contribution in [-0.4, -0.2) is 48.9 Å². The third-order valence-electron chi connectivity index (χ3n) is 4.14. The molecule has 0 bridgehead atoms. The predicted octanol–water partition coefficient (Wildman–Crippen LogP) is 0.503. The Hall–Kier alpha value is -1.10. The highest BCUT2D eigenvalue weighted by molar-refractivity contribution is 5.79. The van der Waals surface area contributed by atoms with Crippen molar-refractivity contribution >= 4 is 11.8 Å². The molecule has 2 aliphatic heterocycles. The summed E-state index contributed by atoms with van der Waals surface area (Å²) >= 11 is 0. The van der Waals surface area contributed by atoms with Gasteiger partial charge in [-0.05, 0) is 32.2 Å². The van der Waals surface area contributed by atoms with Gasteiger partial charge in [-0.1, -0.05) is 6.92 Å². The van der Waals surface area contributed by atoms with Crippen molar-refractivity contribution < 1.29 is 9.59 Å². The van der Waals surface area contributed by atoms with Crippen LogP contribution in [0.3, 0.4) is 0 Å². The Balaban J connectivity index is 1.76. The number of piperidine rings is 2. The number of hydrogen-bond acceptors (Lipinski definition) is 3. The van der Waals surface area contributed by atoms with Crippen LogP contribution < -0.4 is 10.6 Å². The predicted molar refractivity (Wildman–Crippen MR) is 73.6 cm³/mol. The van der Waals surface area contributed by atoms with Gasteiger partial charge in [-0.25, -0.2) is 0 Å². The molecule has 0 spiro atoms. The van der Waals surface area contributed by atoms with E-state index in [0.29, 0.717) is 12.3 Å². The summed E-state index contributed by atoms with van der Waals surface area (Å²) in [6.07, 6.45) is 4.42. The zero-order valence-corrected chi connectivity index (χ0v) is 11.8. The summed E-state index contributed by atoms with van der Waals surface area (Å²) < 4.78 is 0. The van der Waals surface area contributed by atoms with E-state index in [1.54, 1.807) is 0 Å². The molecule has 19 heavy (non-hydrogen) atoms. The molecule has 2 N–H and O–H groups in total. The Kier molecular flexibility index (Phi) is 5.19. The van der Waals surface area contributed by atoms with Crippen molar-refractivity contribution in [3.8, 4) is 0 Å². The van der Waals surface area contributed by atoms with Gasteiger partial charge in [0.15, 0.2) is 0 Å². The van der Waals surface area contributed by atoms with E-state index in [4.69, 9.17) is 0 Å². The molecule has 108 valence electrons. The number of likely N-dealkylation sites (tertiary alicyclic amines) is 1. The molecular weight excluding hydrogens is 242 g/mol. The summed E-state index contributed by atoms with van der Waals surface area (Å²) in [5.41, 5.74) is 0. The molecule has 1 atom stereocenters. The Morgan fingerprint density at radius 3 is 2.58 bits per heavy atom. The maximum Gasteiger partial charge on any atom is 0.226 e. The Morgan fingerprint density at radius 1 is 1.26 bits per heavy atom. The van der Waals surface area contributed by atoms with Gasteiger partial charge in [0.25, 0.3) is 0 Å². The molecule has 0 radical (unpaired) electrons. The first-order valence-electron chi connectivity index (χ1n) is 7.49. The summed E-state index contributed by atoms with van der Waals surface area (Å²) in [6.45, 7) is 5.29. The monoisotopic (exact) mass is 267 g/mol. The van der Waals surface area contributed by atoms with Crippen LogP contribution in [0.5, 0.6) is 0 Å². The van der Waals surface area contributed by atoms with E-state index in [0.717, 1.165) is 51.9 Å². The van der Waals surface area contributed by atoms with E-state index in [-0.39, 0.29) is 17.9 Å². The van der Waals surface area contributed by atoms with Crippen LogP contribution in [0, 0.1) is 5.92 Å². The van der Waals surface area contributed by atoms with Crippen molar-refractivity contribution in [1.82, 2.24) is 15.5 Å². The Labute approximate surface area is 115 Å². The molecule has 2 amide bonds. The zero-order chi connectivity index (χ0) is 13.7. The average Bonchev–Trinajstić information content (AvgIpc) is 2.48. The number of carbonyl (C=O) groups excluding carboxylic acids is 2. The highest BCUT2D eigenvalue weighted by atomic mass is 16.2. The highest BCUT2D eigenvalue weighted by Gasteiger charge is 2.29. The number of nitrogens with zero attached hydrogens (tertiary/aromatic N) is 1. The van der Waals surface area contributed by atoms with Gasteiger partial charge in [-0.3, -0.25) is 9.59 Å². The van der Waals surface area contributed by atoms with Crippen molar-refractivity contribution in [1.29, 1.82) is 0 Å². The maximum absolute atomic E-state index is 12.3. The van der Waals surface area contributed by atoms with E-state index >= 15 is 0 Å². The van der Waals surface area contributed by atoms with Crippen molar-refractivity contribution in [3.05, 3.63) is 0 Å². The largest absolute Gasteiger partial charge is 0.353 e. The van der Waals surface area contributed by atoms with Gasteiger partial charge in [-0.2, -0.15) is 0 Å². The molecule has 0 saturated carbocycles. The zero-order valence-electron chi connectivity index (χ0n) is 11.8. The second-order valence-electron chi connectivity index (χ2n) is 5.56. The molecule has 2 heterocycles. The first-order chi connectivity index (χ1) is 9.20. The molecular formula is C14H25N3O2. The van der Waals surface area contributed by atoms with Crippen LogP contribution in [0.25, 0.3) is 0 Å². The van der Waals surface area contributed by atoms with Gasteiger partial charge in [-0.15, -0.1) is 0 Å². The molecule has 0 aromatic rings. The van der Waals surface area contributed by atoms with Gasteiger partial charge < -0.3 is 15.5 Å². The molecule has 5 nitrogen and oxygen atoms in total. The maximum atomic E-state index is 12.3. The first kappa shape index (κ1) is 14.3. The highest BCUT2D eigenvalue weighted by Crippen LogP contribution is 2.17. The van der Waals surface area contributed by atoms with Crippen molar-refractivity contribution in [2.75, 3.05) is 26.2 Å². The number of carbonyl (C=O) groups is 2. The van der Waals surface area contributed by atoms with Gasteiger partial charge in [0.2, 0.25) is 11.8 Å². The minimum atomic E-state index is 0.112. The van der Waals surface area contributed by atoms with Gasteiger partial charge in [0, 0.05) is 32.1 Å². The number of amides is 2. The van der Waals surface area contributed by atoms with Crippen molar-refractivity contribution in [2.45, 2.75) is 45.1 Å². The summed E-state index contributed by atoms with van der Waals surface area (Å²) in [6, 6.07) is 0.251.